The third kappa shape index (κ3) is 6.90. The van der Waals surface area contributed by atoms with Gasteiger partial charge in [0, 0.05) is 12.1 Å². The number of carbonyl (C=O) groups excluding carboxylic acids is 2. The summed E-state index contributed by atoms with van der Waals surface area (Å²) in [7, 11) is 0. The van der Waals surface area contributed by atoms with Gasteiger partial charge in [-0.1, -0.05) is 56.3 Å². The van der Waals surface area contributed by atoms with Crippen LogP contribution < -0.4 is 10.6 Å². The van der Waals surface area contributed by atoms with Gasteiger partial charge in [0.25, 0.3) is 5.91 Å². The van der Waals surface area contributed by atoms with Crippen LogP contribution in [0.2, 0.25) is 0 Å². The number of benzene rings is 2. The molecule has 2 rings (SSSR count). The first-order valence-electron chi connectivity index (χ1n) is 10.5. The second kappa shape index (κ2) is 10.3. The average Bonchev–Trinajstić information content (AvgIpc) is 2.66. The molecule has 0 aliphatic heterocycles. The molecule has 0 saturated carbocycles. The van der Waals surface area contributed by atoms with Crippen molar-refractivity contribution in [1.82, 2.24) is 10.6 Å². The Morgan fingerprint density at radius 3 is 2.17 bits per heavy atom. The highest BCUT2D eigenvalue weighted by molar-refractivity contribution is 6.01. The number of hydrogen-bond acceptors (Lipinski definition) is 3. The van der Waals surface area contributed by atoms with E-state index in [1.807, 2.05) is 76.2 Å². The van der Waals surface area contributed by atoms with E-state index in [1.165, 1.54) is 0 Å². The van der Waals surface area contributed by atoms with Crippen LogP contribution in [0.1, 0.15) is 69.9 Å². The molecule has 1 atom stereocenters. The summed E-state index contributed by atoms with van der Waals surface area (Å²) >= 11 is 0. The largest absolute Gasteiger partial charge is 0.444 e. The van der Waals surface area contributed by atoms with Gasteiger partial charge in [-0.05, 0) is 62.8 Å². The molecule has 0 saturated heterocycles. The molecule has 0 spiro atoms. The molecule has 0 aliphatic carbocycles. The van der Waals surface area contributed by atoms with Gasteiger partial charge >= 0.3 is 6.09 Å². The van der Waals surface area contributed by atoms with Crippen LogP contribution in [0.4, 0.5) is 4.79 Å². The maximum Gasteiger partial charge on any atom is 0.408 e. The summed E-state index contributed by atoms with van der Waals surface area (Å²) < 4.78 is 5.39. The van der Waals surface area contributed by atoms with Crippen LogP contribution in [0.3, 0.4) is 0 Å². The molecule has 0 bridgehead atoms. The van der Waals surface area contributed by atoms with Gasteiger partial charge < -0.3 is 15.4 Å². The van der Waals surface area contributed by atoms with Crippen molar-refractivity contribution in [3.63, 3.8) is 0 Å². The van der Waals surface area contributed by atoms with Crippen molar-refractivity contribution in [1.29, 1.82) is 0 Å². The highest BCUT2D eigenvalue weighted by atomic mass is 16.6. The van der Waals surface area contributed by atoms with E-state index in [-0.39, 0.29) is 11.9 Å². The normalized spacial score (nSPS) is 12.4. The predicted molar refractivity (Wildman–Crippen MR) is 121 cm³/mol. The van der Waals surface area contributed by atoms with Crippen molar-refractivity contribution >= 4 is 12.0 Å². The Balaban J connectivity index is 2.29. The molecule has 0 aromatic heterocycles. The van der Waals surface area contributed by atoms with Crippen LogP contribution in [0, 0.1) is 5.92 Å². The lowest BCUT2D eigenvalue weighted by atomic mass is 9.92. The topological polar surface area (TPSA) is 67.4 Å². The second-order valence-electron chi connectivity index (χ2n) is 8.94. The van der Waals surface area contributed by atoms with Crippen LogP contribution in [0.25, 0.3) is 11.1 Å². The molecular weight excluding hydrogens is 376 g/mol. The lowest BCUT2D eigenvalue weighted by Gasteiger charge is -2.23. The standard InChI is InChI=1S/C25H34N2O3/c1-17(2)15-16-26-23(28)22-14-10-9-13-21(22)20-12-8-7-11-19(20)18(3)27-24(29)30-25(4,5)6/h7-14,17-18H,15-16H2,1-6H3,(H,26,28)(H,27,29). The molecule has 30 heavy (non-hydrogen) atoms. The van der Waals surface area contributed by atoms with Gasteiger partial charge in [-0.2, -0.15) is 0 Å². The van der Waals surface area contributed by atoms with Crippen molar-refractivity contribution in [3.05, 3.63) is 59.7 Å². The maximum absolute atomic E-state index is 12.8. The van der Waals surface area contributed by atoms with E-state index < -0.39 is 11.7 Å². The minimum Gasteiger partial charge on any atom is -0.444 e. The van der Waals surface area contributed by atoms with Crippen molar-refractivity contribution in [2.45, 2.75) is 59.6 Å². The summed E-state index contributed by atoms with van der Waals surface area (Å²) in [6.45, 7) is 12.3. The van der Waals surface area contributed by atoms with Crippen molar-refractivity contribution in [2.75, 3.05) is 6.54 Å². The molecule has 0 heterocycles. The zero-order chi connectivity index (χ0) is 22.3. The second-order valence-corrected chi connectivity index (χ2v) is 8.94. The van der Waals surface area contributed by atoms with Gasteiger partial charge in [0.15, 0.2) is 0 Å². The van der Waals surface area contributed by atoms with Crippen molar-refractivity contribution in [3.8, 4) is 11.1 Å². The van der Waals surface area contributed by atoms with Crippen LogP contribution in [-0.4, -0.2) is 24.1 Å². The van der Waals surface area contributed by atoms with Crippen molar-refractivity contribution < 1.29 is 14.3 Å². The first kappa shape index (κ1) is 23.5. The molecule has 162 valence electrons. The molecule has 5 heteroatoms. The highest BCUT2D eigenvalue weighted by Gasteiger charge is 2.21. The van der Waals surface area contributed by atoms with E-state index in [4.69, 9.17) is 4.74 Å². The number of ether oxygens (including phenoxy) is 1. The average molecular weight is 411 g/mol. The van der Waals surface area contributed by atoms with E-state index in [0.29, 0.717) is 18.0 Å². The Labute approximate surface area is 180 Å². The summed E-state index contributed by atoms with van der Waals surface area (Å²) in [5.41, 5.74) is 2.73. The summed E-state index contributed by atoms with van der Waals surface area (Å²) in [6, 6.07) is 15.1. The molecule has 2 aromatic rings. The van der Waals surface area contributed by atoms with E-state index in [9.17, 15) is 9.59 Å². The summed E-state index contributed by atoms with van der Waals surface area (Å²) in [4.78, 5) is 25.1. The van der Waals surface area contributed by atoms with Crippen molar-refractivity contribution in [2.24, 2.45) is 5.92 Å². The molecule has 0 aliphatic rings. The highest BCUT2D eigenvalue weighted by Crippen LogP contribution is 2.31. The van der Waals surface area contributed by atoms with Gasteiger partial charge in [0.2, 0.25) is 0 Å². The maximum atomic E-state index is 12.8. The minimum absolute atomic E-state index is 0.0891. The van der Waals surface area contributed by atoms with Gasteiger partial charge in [-0.25, -0.2) is 4.79 Å². The Bertz CT molecular complexity index is 869. The number of rotatable bonds is 7. The first-order chi connectivity index (χ1) is 14.1. The van der Waals surface area contributed by atoms with Gasteiger partial charge in [0.1, 0.15) is 5.60 Å². The molecular formula is C25H34N2O3. The summed E-state index contributed by atoms with van der Waals surface area (Å²) in [6.07, 6.45) is 0.464. The predicted octanol–water partition coefficient (Wildman–Crippen LogP) is 5.72. The molecule has 2 N–H and O–H groups in total. The zero-order valence-electron chi connectivity index (χ0n) is 18.9. The Morgan fingerprint density at radius 2 is 1.53 bits per heavy atom. The van der Waals surface area contributed by atoms with Gasteiger partial charge in [0.05, 0.1) is 6.04 Å². The lowest BCUT2D eigenvalue weighted by molar-refractivity contribution is 0.0508. The molecule has 1 unspecified atom stereocenters. The quantitative estimate of drug-likeness (QED) is 0.614. The third-order valence-corrected chi connectivity index (χ3v) is 4.63. The Kier molecular flexibility index (Phi) is 8.04. The smallest absolute Gasteiger partial charge is 0.408 e. The molecule has 0 radical (unpaired) electrons. The van der Waals surface area contributed by atoms with Crippen LogP contribution in [-0.2, 0) is 4.74 Å². The van der Waals surface area contributed by atoms with E-state index >= 15 is 0 Å². The lowest BCUT2D eigenvalue weighted by Crippen LogP contribution is -2.34. The molecule has 2 amide bonds. The van der Waals surface area contributed by atoms with Crippen LogP contribution in [0.15, 0.2) is 48.5 Å². The SMILES string of the molecule is CC(C)CCNC(=O)c1ccccc1-c1ccccc1C(C)NC(=O)OC(C)(C)C. The fourth-order valence-corrected chi connectivity index (χ4v) is 3.17. The number of alkyl carbamates (subject to hydrolysis) is 1. The summed E-state index contributed by atoms with van der Waals surface area (Å²) in [5.74, 6) is 0.440. The number of hydrogen-bond donors (Lipinski definition) is 2. The molecule has 5 nitrogen and oxygen atoms in total. The fourth-order valence-electron chi connectivity index (χ4n) is 3.17. The van der Waals surface area contributed by atoms with E-state index in [2.05, 4.69) is 24.5 Å². The van der Waals surface area contributed by atoms with Crippen LogP contribution >= 0.6 is 0 Å². The van der Waals surface area contributed by atoms with Gasteiger partial charge in [-0.15, -0.1) is 0 Å². The Morgan fingerprint density at radius 1 is 0.933 bits per heavy atom. The van der Waals surface area contributed by atoms with E-state index in [1.54, 1.807) is 0 Å². The number of nitrogens with one attached hydrogen (secondary N) is 2. The number of carbonyl (C=O) groups is 2. The summed E-state index contributed by atoms with van der Waals surface area (Å²) in [5, 5.41) is 5.92. The number of amides is 2. The van der Waals surface area contributed by atoms with E-state index in [0.717, 1.165) is 23.1 Å². The molecule has 0 fully saturated rings. The Hall–Kier alpha value is -2.82. The third-order valence-electron chi connectivity index (χ3n) is 4.63. The zero-order valence-corrected chi connectivity index (χ0v) is 18.9. The van der Waals surface area contributed by atoms with Crippen LogP contribution in [0.5, 0.6) is 0 Å². The fraction of sp³-hybridized carbons (Fsp3) is 0.440. The minimum atomic E-state index is -0.565. The first-order valence-corrected chi connectivity index (χ1v) is 10.5. The monoisotopic (exact) mass is 410 g/mol. The molecule has 2 aromatic carbocycles. The van der Waals surface area contributed by atoms with Gasteiger partial charge in [-0.3, -0.25) is 4.79 Å².